The number of halogens is 2. The highest BCUT2D eigenvalue weighted by Gasteiger charge is 2.29. The monoisotopic (exact) mass is 292 g/mol. The number of rotatable bonds is 5. The standard InChI is InChI=1S/C11H14F2N2O3S/c1-7(14)6-10(16)15-8-4-2-3-5-9(8)19(17,18)11(12)13/h2-5,7,11H,6,14H2,1H3,(H,15,16). The van der Waals surface area contributed by atoms with Crippen molar-refractivity contribution in [2.45, 2.75) is 30.0 Å². The second kappa shape index (κ2) is 6.07. The number of anilines is 1. The van der Waals surface area contributed by atoms with Gasteiger partial charge in [-0.05, 0) is 19.1 Å². The Bertz CT molecular complexity index is 559. The van der Waals surface area contributed by atoms with Gasteiger partial charge in [-0.2, -0.15) is 8.78 Å². The SMILES string of the molecule is CC(N)CC(=O)Nc1ccccc1S(=O)(=O)C(F)F. The second-order valence-electron chi connectivity index (χ2n) is 4.03. The molecule has 0 fully saturated rings. The minimum Gasteiger partial charge on any atom is -0.327 e. The summed E-state index contributed by atoms with van der Waals surface area (Å²) in [5.41, 5.74) is 5.25. The van der Waals surface area contributed by atoms with E-state index in [2.05, 4.69) is 5.32 Å². The van der Waals surface area contributed by atoms with Crippen LogP contribution in [0.1, 0.15) is 13.3 Å². The molecule has 5 nitrogen and oxygen atoms in total. The first kappa shape index (κ1) is 15.5. The average Bonchev–Trinajstić information content (AvgIpc) is 2.27. The van der Waals surface area contributed by atoms with Crippen molar-refractivity contribution in [3.05, 3.63) is 24.3 Å². The van der Waals surface area contributed by atoms with Crippen LogP contribution in [0.4, 0.5) is 14.5 Å². The Morgan fingerprint density at radius 2 is 1.95 bits per heavy atom. The van der Waals surface area contributed by atoms with Gasteiger partial charge in [-0.3, -0.25) is 4.79 Å². The van der Waals surface area contributed by atoms with E-state index in [0.29, 0.717) is 0 Å². The van der Waals surface area contributed by atoms with E-state index in [-0.39, 0.29) is 12.1 Å². The van der Waals surface area contributed by atoms with Crippen LogP contribution in [0.2, 0.25) is 0 Å². The summed E-state index contributed by atoms with van der Waals surface area (Å²) in [6.45, 7) is 1.60. The average molecular weight is 292 g/mol. The maximum atomic E-state index is 12.5. The number of nitrogens with two attached hydrogens (primary N) is 1. The molecule has 8 heteroatoms. The molecule has 1 rings (SSSR count). The lowest BCUT2D eigenvalue weighted by Gasteiger charge is -2.12. The predicted molar refractivity (Wildman–Crippen MR) is 66.5 cm³/mol. The summed E-state index contributed by atoms with van der Waals surface area (Å²) < 4.78 is 47.9. The van der Waals surface area contributed by atoms with Crippen LogP contribution in [0.3, 0.4) is 0 Å². The van der Waals surface area contributed by atoms with Crippen molar-refractivity contribution >= 4 is 21.4 Å². The Morgan fingerprint density at radius 1 is 1.37 bits per heavy atom. The molecule has 1 amide bonds. The van der Waals surface area contributed by atoms with Crippen LogP contribution in [0.5, 0.6) is 0 Å². The number of nitrogens with one attached hydrogen (secondary N) is 1. The molecule has 19 heavy (non-hydrogen) atoms. The first-order valence-electron chi connectivity index (χ1n) is 5.41. The van der Waals surface area contributed by atoms with Gasteiger partial charge in [-0.15, -0.1) is 0 Å². The number of hydrogen-bond acceptors (Lipinski definition) is 4. The molecule has 3 N–H and O–H groups in total. The van der Waals surface area contributed by atoms with Crippen molar-refractivity contribution in [3.63, 3.8) is 0 Å². The van der Waals surface area contributed by atoms with Crippen LogP contribution in [0.25, 0.3) is 0 Å². The van der Waals surface area contributed by atoms with E-state index in [1.54, 1.807) is 6.92 Å². The number of sulfone groups is 1. The minimum atomic E-state index is -4.76. The Hall–Kier alpha value is -1.54. The number of carbonyl (C=O) groups excluding carboxylic acids is 1. The number of carbonyl (C=O) groups is 1. The van der Waals surface area contributed by atoms with Gasteiger partial charge in [0.15, 0.2) is 0 Å². The van der Waals surface area contributed by atoms with Crippen molar-refractivity contribution in [1.82, 2.24) is 0 Å². The molecule has 0 saturated carbocycles. The second-order valence-corrected chi connectivity index (χ2v) is 5.92. The molecule has 1 aromatic rings. The molecule has 0 aliphatic carbocycles. The number of benzene rings is 1. The van der Waals surface area contributed by atoms with Crippen molar-refractivity contribution in [2.75, 3.05) is 5.32 Å². The third kappa shape index (κ3) is 3.97. The van der Waals surface area contributed by atoms with E-state index in [1.807, 2.05) is 0 Å². The fourth-order valence-electron chi connectivity index (χ4n) is 1.41. The third-order valence-corrected chi connectivity index (χ3v) is 3.65. The zero-order valence-corrected chi connectivity index (χ0v) is 11.0. The van der Waals surface area contributed by atoms with E-state index < -0.39 is 32.4 Å². The summed E-state index contributed by atoms with van der Waals surface area (Å²) in [6.07, 6.45) is -0.0386. The summed E-state index contributed by atoms with van der Waals surface area (Å²) in [5, 5.41) is 2.27. The van der Waals surface area contributed by atoms with Crippen molar-refractivity contribution < 1.29 is 22.0 Å². The number of amides is 1. The lowest BCUT2D eigenvalue weighted by molar-refractivity contribution is -0.116. The zero-order chi connectivity index (χ0) is 14.6. The molecular weight excluding hydrogens is 278 g/mol. The highest BCUT2D eigenvalue weighted by atomic mass is 32.2. The molecule has 0 bridgehead atoms. The fraction of sp³-hybridized carbons (Fsp3) is 0.364. The van der Waals surface area contributed by atoms with Gasteiger partial charge in [0, 0.05) is 12.5 Å². The first-order chi connectivity index (χ1) is 8.75. The summed E-state index contributed by atoms with van der Waals surface area (Å²) in [4.78, 5) is 10.9. The van der Waals surface area contributed by atoms with Crippen LogP contribution >= 0.6 is 0 Å². The van der Waals surface area contributed by atoms with Crippen LogP contribution < -0.4 is 11.1 Å². The maximum Gasteiger partial charge on any atom is 0.341 e. The lowest BCUT2D eigenvalue weighted by Crippen LogP contribution is -2.25. The van der Waals surface area contributed by atoms with Gasteiger partial charge in [0.05, 0.1) is 10.6 Å². The van der Waals surface area contributed by atoms with Gasteiger partial charge in [-0.25, -0.2) is 8.42 Å². The molecule has 0 heterocycles. The summed E-state index contributed by atoms with van der Waals surface area (Å²) in [7, 11) is -4.76. The van der Waals surface area contributed by atoms with E-state index in [0.717, 1.165) is 6.07 Å². The smallest absolute Gasteiger partial charge is 0.327 e. The van der Waals surface area contributed by atoms with Gasteiger partial charge in [0.1, 0.15) is 0 Å². The van der Waals surface area contributed by atoms with Gasteiger partial charge in [0.2, 0.25) is 15.7 Å². The molecule has 0 aliphatic heterocycles. The fourth-order valence-corrected chi connectivity index (χ4v) is 2.29. The normalized spacial score (nSPS) is 13.3. The van der Waals surface area contributed by atoms with Crippen molar-refractivity contribution in [1.29, 1.82) is 0 Å². The molecule has 0 saturated heterocycles. The quantitative estimate of drug-likeness (QED) is 0.857. The molecule has 1 aromatic carbocycles. The lowest BCUT2D eigenvalue weighted by atomic mass is 10.2. The van der Waals surface area contributed by atoms with E-state index in [9.17, 15) is 22.0 Å². The predicted octanol–water partition coefficient (Wildman–Crippen LogP) is 1.36. The summed E-state index contributed by atoms with van der Waals surface area (Å²) >= 11 is 0. The Morgan fingerprint density at radius 3 is 2.47 bits per heavy atom. The highest BCUT2D eigenvalue weighted by molar-refractivity contribution is 7.91. The maximum absolute atomic E-state index is 12.5. The summed E-state index contributed by atoms with van der Waals surface area (Å²) in [6, 6.07) is 4.58. The topological polar surface area (TPSA) is 89.3 Å². The molecule has 0 spiro atoms. The van der Waals surface area contributed by atoms with Gasteiger partial charge >= 0.3 is 5.76 Å². The third-order valence-electron chi connectivity index (χ3n) is 2.21. The number of hydrogen-bond donors (Lipinski definition) is 2. The van der Waals surface area contributed by atoms with Crippen LogP contribution in [0, 0.1) is 0 Å². The van der Waals surface area contributed by atoms with Crippen LogP contribution in [-0.2, 0) is 14.6 Å². The molecule has 0 radical (unpaired) electrons. The highest BCUT2D eigenvalue weighted by Crippen LogP contribution is 2.26. The molecule has 106 valence electrons. The largest absolute Gasteiger partial charge is 0.341 e. The number of para-hydroxylation sites is 1. The molecule has 1 atom stereocenters. The Balaban J connectivity index is 3.07. The molecule has 0 aromatic heterocycles. The Kier molecular flexibility index (Phi) is 4.96. The summed E-state index contributed by atoms with van der Waals surface area (Å²) in [5.74, 6) is -4.08. The van der Waals surface area contributed by atoms with E-state index in [4.69, 9.17) is 5.73 Å². The molecule has 1 unspecified atom stereocenters. The van der Waals surface area contributed by atoms with Gasteiger partial charge < -0.3 is 11.1 Å². The minimum absolute atomic E-state index is 0.0386. The van der Waals surface area contributed by atoms with Crippen LogP contribution in [0.15, 0.2) is 29.2 Å². The van der Waals surface area contributed by atoms with Gasteiger partial charge in [0.25, 0.3) is 0 Å². The van der Waals surface area contributed by atoms with E-state index in [1.165, 1.54) is 18.2 Å². The zero-order valence-electron chi connectivity index (χ0n) is 10.1. The van der Waals surface area contributed by atoms with Crippen molar-refractivity contribution in [3.8, 4) is 0 Å². The van der Waals surface area contributed by atoms with Crippen LogP contribution in [-0.4, -0.2) is 26.1 Å². The molecule has 0 aliphatic rings. The Labute approximate surface area is 109 Å². The van der Waals surface area contributed by atoms with Gasteiger partial charge in [-0.1, -0.05) is 12.1 Å². The number of alkyl halides is 2. The van der Waals surface area contributed by atoms with E-state index >= 15 is 0 Å². The van der Waals surface area contributed by atoms with Crippen molar-refractivity contribution in [2.24, 2.45) is 5.73 Å². The first-order valence-corrected chi connectivity index (χ1v) is 6.96. The molecular formula is C11H14F2N2O3S.